The van der Waals surface area contributed by atoms with Crippen molar-refractivity contribution in [1.29, 1.82) is 0 Å². The minimum absolute atomic E-state index is 0.0200. The quantitative estimate of drug-likeness (QED) is 0.160. The molecule has 8 nitrogen and oxygen atoms in total. The topological polar surface area (TPSA) is 96.0 Å². The van der Waals surface area contributed by atoms with E-state index in [1.54, 1.807) is 54.6 Å². The number of benzene rings is 4. The predicted molar refractivity (Wildman–Crippen MR) is 183 cm³/mol. The standard InChI is InChI=1S/C35H37Cl2N3O5S/c1-4-20-38-35(42)33(22-26-8-6-5-7-9-26)39(23-27-12-19-31(36)32(37)21-27)34(41)24-40(28-13-15-29(45-3)16-14-28)46(43,44)30-17-10-25(2)11-18-30/h5-19,21,33H,4,20,22-24H2,1-3H3,(H,38,42)/t33-/m0/s1. The Balaban J connectivity index is 1.81. The van der Waals surface area contributed by atoms with Gasteiger partial charge in [-0.1, -0.05) is 84.2 Å². The molecule has 0 aliphatic carbocycles. The highest BCUT2D eigenvalue weighted by Gasteiger charge is 2.34. The van der Waals surface area contributed by atoms with Crippen molar-refractivity contribution in [2.75, 3.05) is 24.5 Å². The van der Waals surface area contributed by atoms with Crippen LogP contribution in [0.4, 0.5) is 5.69 Å². The van der Waals surface area contributed by atoms with E-state index < -0.39 is 28.5 Å². The highest BCUT2D eigenvalue weighted by molar-refractivity contribution is 7.92. The molecule has 1 atom stereocenters. The van der Waals surface area contributed by atoms with Gasteiger partial charge < -0.3 is 15.0 Å². The van der Waals surface area contributed by atoms with Crippen molar-refractivity contribution in [3.63, 3.8) is 0 Å². The molecule has 1 N–H and O–H groups in total. The number of hydrogen-bond acceptors (Lipinski definition) is 5. The summed E-state index contributed by atoms with van der Waals surface area (Å²) in [5, 5.41) is 3.57. The van der Waals surface area contributed by atoms with Gasteiger partial charge in [0.1, 0.15) is 18.3 Å². The van der Waals surface area contributed by atoms with Crippen LogP contribution in [0.2, 0.25) is 10.0 Å². The second-order valence-corrected chi connectivity index (χ2v) is 13.5. The summed E-state index contributed by atoms with van der Waals surface area (Å²) in [7, 11) is -2.71. The molecular weight excluding hydrogens is 645 g/mol. The number of amides is 2. The van der Waals surface area contributed by atoms with Crippen molar-refractivity contribution in [1.82, 2.24) is 10.2 Å². The zero-order chi connectivity index (χ0) is 33.3. The Morgan fingerprint density at radius 1 is 0.870 bits per heavy atom. The normalized spacial score (nSPS) is 11.8. The molecule has 0 fully saturated rings. The van der Waals surface area contributed by atoms with Gasteiger partial charge in [-0.05, 0) is 73.0 Å². The lowest BCUT2D eigenvalue weighted by atomic mass is 10.0. The Labute approximate surface area is 280 Å². The Bertz CT molecular complexity index is 1730. The Morgan fingerprint density at radius 2 is 1.54 bits per heavy atom. The van der Waals surface area contributed by atoms with Crippen molar-refractivity contribution in [3.05, 3.63) is 124 Å². The van der Waals surface area contributed by atoms with Crippen molar-refractivity contribution in [2.24, 2.45) is 0 Å². The molecule has 0 aliphatic rings. The Hall–Kier alpha value is -4.05. The van der Waals surface area contributed by atoms with Crippen molar-refractivity contribution >= 4 is 50.7 Å². The summed E-state index contributed by atoms with van der Waals surface area (Å²) in [6, 6.07) is 26.2. The number of anilines is 1. The lowest BCUT2D eigenvalue weighted by molar-refractivity contribution is -0.140. The molecule has 0 aliphatic heterocycles. The van der Waals surface area contributed by atoms with Crippen LogP contribution in [-0.4, -0.2) is 51.4 Å². The van der Waals surface area contributed by atoms with Gasteiger partial charge in [-0.2, -0.15) is 0 Å². The number of rotatable bonds is 14. The maximum Gasteiger partial charge on any atom is 0.264 e. The number of aryl methyl sites for hydroxylation is 1. The summed E-state index contributed by atoms with van der Waals surface area (Å²) >= 11 is 12.5. The molecule has 242 valence electrons. The van der Waals surface area contributed by atoms with E-state index in [-0.39, 0.29) is 29.5 Å². The van der Waals surface area contributed by atoms with Gasteiger partial charge in [0.2, 0.25) is 11.8 Å². The number of methoxy groups -OCH3 is 1. The van der Waals surface area contributed by atoms with Gasteiger partial charge in [0.25, 0.3) is 10.0 Å². The molecule has 0 heterocycles. The van der Waals surface area contributed by atoms with Crippen LogP contribution >= 0.6 is 23.2 Å². The molecule has 11 heteroatoms. The number of nitrogens with zero attached hydrogens (tertiary/aromatic N) is 2. The first-order valence-corrected chi connectivity index (χ1v) is 17.0. The van der Waals surface area contributed by atoms with E-state index in [0.29, 0.717) is 34.3 Å². The molecule has 0 aromatic heterocycles. The minimum atomic E-state index is -4.22. The van der Waals surface area contributed by atoms with Crippen molar-refractivity contribution < 1.29 is 22.7 Å². The number of hydrogen-bond donors (Lipinski definition) is 1. The summed E-state index contributed by atoms with van der Waals surface area (Å²) in [4.78, 5) is 29.7. The zero-order valence-corrected chi connectivity index (χ0v) is 28.3. The maximum atomic E-state index is 14.5. The Morgan fingerprint density at radius 3 is 2.15 bits per heavy atom. The smallest absolute Gasteiger partial charge is 0.264 e. The highest BCUT2D eigenvalue weighted by atomic mass is 35.5. The van der Waals surface area contributed by atoms with Gasteiger partial charge >= 0.3 is 0 Å². The van der Waals surface area contributed by atoms with E-state index in [0.717, 1.165) is 15.4 Å². The SMILES string of the molecule is CCCNC(=O)[C@H](Cc1ccccc1)N(Cc1ccc(Cl)c(Cl)c1)C(=O)CN(c1ccc(OC)cc1)S(=O)(=O)c1ccc(C)cc1. The van der Waals surface area contributed by atoms with Gasteiger partial charge in [0.05, 0.1) is 27.7 Å². The van der Waals surface area contributed by atoms with Crippen molar-refractivity contribution in [3.8, 4) is 5.75 Å². The van der Waals surface area contributed by atoms with E-state index in [1.807, 2.05) is 44.2 Å². The number of sulfonamides is 1. The molecule has 0 bridgehead atoms. The fourth-order valence-corrected chi connectivity index (χ4v) is 6.60. The molecule has 4 aromatic rings. The number of carbonyl (C=O) groups is 2. The third kappa shape index (κ3) is 8.81. The van der Waals surface area contributed by atoms with Crippen LogP contribution in [0.5, 0.6) is 5.75 Å². The zero-order valence-electron chi connectivity index (χ0n) is 26.0. The lowest BCUT2D eigenvalue weighted by Crippen LogP contribution is -2.53. The molecule has 4 aromatic carbocycles. The van der Waals surface area contributed by atoms with Crippen LogP contribution in [0.25, 0.3) is 0 Å². The molecule has 46 heavy (non-hydrogen) atoms. The summed E-state index contributed by atoms with van der Waals surface area (Å²) < 4.78 is 34.6. The van der Waals surface area contributed by atoms with Gasteiger partial charge in [-0.25, -0.2) is 8.42 Å². The number of ether oxygens (including phenoxy) is 1. The van der Waals surface area contributed by atoms with Crippen LogP contribution < -0.4 is 14.4 Å². The first kappa shape index (κ1) is 34.8. The predicted octanol–water partition coefficient (Wildman–Crippen LogP) is 6.67. The number of halogens is 2. The van der Waals surface area contributed by atoms with Crippen LogP contribution in [0.15, 0.2) is 102 Å². The molecule has 0 saturated heterocycles. The van der Waals surface area contributed by atoms with Gasteiger partial charge in [0.15, 0.2) is 0 Å². The Kier molecular flexibility index (Phi) is 12.1. The van der Waals surface area contributed by atoms with E-state index in [9.17, 15) is 18.0 Å². The molecular formula is C35H37Cl2N3O5S. The first-order chi connectivity index (χ1) is 22.0. The minimum Gasteiger partial charge on any atom is -0.497 e. The molecule has 0 radical (unpaired) electrons. The fraction of sp³-hybridized carbons (Fsp3) is 0.257. The average molecular weight is 683 g/mol. The van der Waals surface area contributed by atoms with Crippen LogP contribution in [-0.2, 0) is 32.6 Å². The molecule has 2 amide bonds. The first-order valence-electron chi connectivity index (χ1n) is 14.8. The number of carbonyl (C=O) groups excluding carboxylic acids is 2. The van der Waals surface area contributed by atoms with Gasteiger partial charge in [0, 0.05) is 19.5 Å². The third-order valence-corrected chi connectivity index (χ3v) is 9.93. The summed E-state index contributed by atoms with van der Waals surface area (Å²) in [5.41, 5.74) is 2.62. The van der Waals surface area contributed by atoms with Gasteiger partial charge in [-0.15, -0.1) is 0 Å². The second-order valence-electron chi connectivity index (χ2n) is 10.8. The third-order valence-electron chi connectivity index (χ3n) is 7.41. The van der Waals surface area contributed by atoms with Gasteiger partial charge in [-0.3, -0.25) is 13.9 Å². The monoisotopic (exact) mass is 681 g/mol. The number of nitrogens with one attached hydrogen (secondary N) is 1. The van der Waals surface area contributed by atoms with E-state index in [1.165, 1.54) is 24.1 Å². The fourth-order valence-electron chi connectivity index (χ4n) is 4.87. The lowest BCUT2D eigenvalue weighted by Gasteiger charge is -2.34. The molecule has 0 unspecified atom stereocenters. The van der Waals surface area contributed by atoms with Crippen LogP contribution in [0.1, 0.15) is 30.0 Å². The second kappa shape index (κ2) is 16.0. The largest absolute Gasteiger partial charge is 0.497 e. The summed E-state index contributed by atoms with van der Waals surface area (Å²) in [5.74, 6) is -0.402. The maximum absolute atomic E-state index is 14.5. The molecule has 0 saturated carbocycles. The van der Waals surface area contributed by atoms with Crippen molar-refractivity contribution in [2.45, 2.75) is 44.2 Å². The summed E-state index contributed by atoms with van der Waals surface area (Å²) in [6.07, 6.45) is 0.904. The van der Waals surface area contributed by atoms with E-state index in [4.69, 9.17) is 27.9 Å². The molecule has 0 spiro atoms. The highest BCUT2D eigenvalue weighted by Crippen LogP contribution is 2.28. The van der Waals surface area contributed by atoms with Crippen LogP contribution in [0, 0.1) is 6.92 Å². The van der Waals surface area contributed by atoms with E-state index >= 15 is 0 Å². The summed E-state index contributed by atoms with van der Waals surface area (Å²) in [6.45, 7) is 3.62. The molecule has 4 rings (SSSR count). The van der Waals surface area contributed by atoms with Crippen LogP contribution in [0.3, 0.4) is 0 Å². The van der Waals surface area contributed by atoms with E-state index in [2.05, 4.69) is 5.32 Å². The average Bonchev–Trinajstić information content (AvgIpc) is 3.06.